The molecule has 3 aromatic carbocycles. The summed E-state index contributed by atoms with van der Waals surface area (Å²) in [5.41, 5.74) is 3.80. The molecule has 0 aliphatic carbocycles. The van der Waals surface area contributed by atoms with Crippen LogP contribution in [0.3, 0.4) is 0 Å². The Labute approximate surface area is 308 Å². The monoisotopic (exact) mass is 732 g/mol. The van der Waals surface area contributed by atoms with E-state index in [0.29, 0.717) is 86.6 Å². The van der Waals surface area contributed by atoms with Gasteiger partial charge in [0.15, 0.2) is 0 Å². The zero-order valence-corrected chi connectivity index (χ0v) is 31.4. The highest BCUT2D eigenvalue weighted by atomic mass is 35.5. The number of aromatic nitrogens is 2. The van der Waals surface area contributed by atoms with Crippen molar-refractivity contribution < 1.29 is 32.7 Å². The number of hydrogen-bond donors (Lipinski definition) is 0. The smallest absolute Gasteiger partial charge is 0.410 e. The molecule has 52 heavy (non-hydrogen) atoms. The second-order valence-corrected chi connectivity index (χ2v) is 14.5. The van der Waals surface area contributed by atoms with E-state index in [-0.39, 0.29) is 18.5 Å². The number of carbonyl (C=O) groups excluding carboxylic acids is 2. The molecule has 0 atom stereocenters. The number of hydrogen-bond acceptors (Lipinski definition) is 8. The minimum Gasteiger partial charge on any atom is -0.493 e. The van der Waals surface area contributed by atoms with Crippen LogP contribution in [0, 0.1) is 19.7 Å². The van der Waals surface area contributed by atoms with Crippen LogP contribution in [0.5, 0.6) is 5.75 Å². The first-order valence-electron chi connectivity index (χ1n) is 17.8. The van der Waals surface area contributed by atoms with Crippen molar-refractivity contribution in [2.75, 3.05) is 45.9 Å². The Morgan fingerprint density at radius 1 is 0.981 bits per heavy atom. The van der Waals surface area contributed by atoms with Crippen LogP contribution in [0.4, 0.5) is 9.18 Å². The normalized spacial score (nSPS) is 14.0. The number of ether oxygens (including phenoxy) is 3. The Morgan fingerprint density at radius 2 is 1.73 bits per heavy atom. The van der Waals surface area contributed by atoms with Gasteiger partial charge in [-0.3, -0.25) is 4.90 Å². The fourth-order valence-electron chi connectivity index (χ4n) is 6.98. The zero-order valence-electron chi connectivity index (χ0n) is 30.7. The number of fused-ring (bicyclic) bond motifs is 2. The van der Waals surface area contributed by atoms with Gasteiger partial charge in [0.2, 0.25) is 0 Å². The maximum Gasteiger partial charge on any atom is 0.410 e. The molecule has 5 aromatic rings. The van der Waals surface area contributed by atoms with E-state index in [1.807, 2.05) is 69.5 Å². The first kappa shape index (κ1) is 37.2. The number of esters is 1. The first-order chi connectivity index (χ1) is 24.9. The molecule has 1 aliphatic heterocycles. The van der Waals surface area contributed by atoms with Crippen molar-refractivity contribution in [1.29, 1.82) is 0 Å². The molecule has 1 fully saturated rings. The molecular formula is C40H46ClFN4O6. The molecule has 0 unspecified atom stereocenters. The molecule has 1 aliphatic rings. The largest absolute Gasteiger partial charge is 0.493 e. The highest BCUT2D eigenvalue weighted by Gasteiger charge is 2.30. The van der Waals surface area contributed by atoms with Gasteiger partial charge < -0.3 is 28.2 Å². The average Bonchev–Trinajstić information content (AvgIpc) is 3.60. The van der Waals surface area contributed by atoms with Crippen molar-refractivity contribution >= 4 is 45.3 Å². The highest BCUT2D eigenvalue weighted by Crippen LogP contribution is 2.42. The Hall–Kier alpha value is -4.61. The standard InChI is InChI=1S/C40H46ClFN4O6/c1-7-49-38(47)37-30(11-9-23-50-33-12-8-10-27-24-28(42)13-14-29(27)33)31-15-16-32(41)35(34-25(2)43-52-26(34)3)36(31)46(37)22-19-44-17-20-45(21-18-44)39(48)51-40(4,5)6/h8,10,12-16,24H,7,9,11,17-23H2,1-6H3. The van der Waals surface area contributed by atoms with Crippen LogP contribution in [0.15, 0.2) is 53.1 Å². The topological polar surface area (TPSA) is 99.3 Å². The van der Waals surface area contributed by atoms with Crippen LogP contribution in [-0.4, -0.2) is 83.1 Å². The van der Waals surface area contributed by atoms with Gasteiger partial charge in [-0.1, -0.05) is 35.0 Å². The Bertz CT molecular complexity index is 2070. The molecule has 1 amide bonds. The molecule has 0 bridgehead atoms. The lowest BCUT2D eigenvalue weighted by molar-refractivity contribution is 0.0142. The molecule has 6 rings (SSSR count). The van der Waals surface area contributed by atoms with E-state index in [2.05, 4.69) is 10.1 Å². The Balaban J connectivity index is 1.33. The van der Waals surface area contributed by atoms with Crippen molar-refractivity contribution in [3.8, 4) is 16.9 Å². The molecule has 0 saturated carbocycles. The van der Waals surface area contributed by atoms with E-state index in [1.54, 1.807) is 17.9 Å². The summed E-state index contributed by atoms with van der Waals surface area (Å²) in [5.74, 6) is 0.582. The van der Waals surface area contributed by atoms with E-state index in [0.717, 1.165) is 38.4 Å². The molecule has 3 heterocycles. The quantitative estimate of drug-likeness (QED) is 0.0984. The third kappa shape index (κ3) is 7.90. The summed E-state index contributed by atoms with van der Waals surface area (Å²) < 4.78 is 39.0. The SMILES string of the molecule is CCOC(=O)c1c(CCCOc2cccc3cc(F)ccc23)c2ccc(Cl)c(-c3c(C)noc3C)c2n1CCN1CCN(C(=O)OC(C)(C)C)CC1. The van der Waals surface area contributed by atoms with Gasteiger partial charge in [-0.2, -0.15) is 0 Å². The van der Waals surface area contributed by atoms with E-state index < -0.39 is 11.6 Å². The van der Waals surface area contributed by atoms with Gasteiger partial charge in [0.25, 0.3) is 0 Å². The van der Waals surface area contributed by atoms with Crippen molar-refractivity contribution in [3.05, 3.63) is 82.1 Å². The summed E-state index contributed by atoms with van der Waals surface area (Å²) in [6.07, 6.45) is 0.808. The number of nitrogens with zero attached hydrogens (tertiary/aromatic N) is 4. The van der Waals surface area contributed by atoms with Gasteiger partial charge in [-0.15, -0.1) is 0 Å². The number of amides is 1. The molecule has 0 spiro atoms. The van der Waals surface area contributed by atoms with Gasteiger partial charge in [-0.05, 0) is 95.7 Å². The van der Waals surface area contributed by atoms with Crippen molar-refractivity contribution in [3.63, 3.8) is 0 Å². The molecular weight excluding hydrogens is 687 g/mol. The van der Waals surface area contributed by atoms with Crippen LogP contribution < -0.4 is 4.74 Å². The van der Waals surface area contributed by atoms with Gasteiger partial charge in [-0.25, -0.2) is 14.0 Å². The number of benzene rings is 3. The van der Waals surface area contributed by atoms with E-state index >= 15 is 0 Å². The number of aryl methyl sites for hydroxylation is 3. The summed E-state index contributed by atoms with van der Waals surface area (Å²) in [4.78, 5) is 30.7. The predicted octanol–water partition coefficient (Wildman–Crippen LogP) is 8.60. The Morgan fingerprint density at radius 3 is 2.42 bits per heavy atom. The van der Waals surface area contributed by atoms with Gasteiger partial charge in [0.05, 0.1) is 35.0 Å². The lowest BCUT2D eigenvalue weighted by atomic mass is 9.98. The lowest BCUT2D eigenvalue weighted by Crippen LogP contribution is -2.50. The summed E-state index contributed by atoms with van der Waals surface area (Å²) >= 11 is 7.00. The van der Waals surface area contributed by atoms with Crippen molar-refractivity contribution in [2.24, 2.45) is 0 Å². The van der Waals surface area contributed by atoms with Crippen LogP contribution in [-0.2, 0) is 22.4 Å². The molecule has 276 valence electrons. The summed E-state index contributed by atoms with van der Waals surface area (Å²) in [7, 11) is 0. The van der Waals surface area contributed by atoms with Gasteiger partial charge in [0, 0.05) is 55.6 Å². The van der Waals surface area contributed by atoms with E-state index in [9.17, 15) is 14.0 Å². The third-order valence-electron chi connectivity index (χ3n) is 9.32. The fraction of sp³-hybridized carbons (Fsp3) is 0.425. The second-order valence-electron chi connectivity index (χ2n) is 14.1. The van der Waals surface area contributed by atoms with Crippen LogP contribution >= 0.6 is 11.6 Å². The summed E-state index contributed by atoms with van der Waals surface area (Å²) in [6, 6.07) is 14.0. The zero-order chi connectivity index (χ0) is 37.2. The number of halogens is 2. The number of piperazine rings is 1. The molecule has 1 saturated heterocycles. The van der Waals surface area contributed by atoms with E-state index in [1.165, 1.54) is 12.1 Å². The maximum atomic E-state index is 13.9. The molecule has 0 N–H and O–H groups in total. The summed E-state index contributed by atoms with van der Waals surface area (Å²) in [5, 5.41) is 7.22. The maximum absolute atomic E-state index is 13.9. The van der Waals surface area contributed by atoms with Crippen LogP contribution in [0.1, 0.15) is 61.6 Å². The van der Waals surface area contributed by atoms with E-state index in [4.69, 9.17) is 30.3 Å². The molecule has 2 aromatic heterocycles. The Kier molecular flexibility index (Phi) is 11.1. The van der Waals surface area contributed by atoms with Crippen LogP contribution in [0.2, 0.25) is 5.02 Å². The second kappa shape index (κ2) is 15.6. The number of rotatable bonds is 11. The minimum atomic E-state index is -0.562. The summed E-state index contributed by atoms with van der Waals surface area (Å²) in [6.45, 7) is 15.2. The molecule has 0 radical (unpaired) electrons. The average molecular weight is 733 g/mol. The highest BCUT2D eigenvalue weighted by molar-refractivity contribution is 6.35. The minimum absolute atomic E-state index is 0.217. The molecule has 12 heteroatoms. The first-order valence-corrected chi connectivity index (χ1v) is 18.2. The third-order valence-corrected chi connectivity index (χ3v) is 9.64. The van der Waals surface area contributed by atoms with Crippen molar-refractivity contribution in [2.45, 2.75) is 66.5 Å². The lowest BCUT2D eigenvalue weighted by Gasteiger charge is -2.35. The predicted molar refractivity (Wildman–Crippen MR) is 200 cm³/mol. The van der Waals surface area contributed by atoms with Crippen LogP contribution in [0.25, 0.3) is 32.8 Å². The van der Waals surface area contributed by atoms with Crippen molar-refractivity contribution in [1.82, 2.24) is 19.5 Å². The molecule has 10 nitrogen and oxygen atoms in total. The fourth-order valence-corrected chi connectivity index (χ4v) is 7.23. The number of carbonyl (C=O) groups is 2. The van der Waals surface area contributed by atoms with Gasteiger partial charge >= 0.3 is 12.1 Å². The van der Waals surface area contributed by atoms with Gasteiger partial charge in [0.1, 0.15) is 28.6 Å².